The molecular weight excluding hydrogens is 384 g/mol. The van der Waals surface area contributed by atoms with Crippen LogP contribution in [-0.2, 0) is 11.3 Å². The zero-order valence-electron chi connectivity index (χ0n) is 16.4. The largest absolute Gasteiger partial charge is 0.493 e. The lowest BCUT2D eigenvalue weighted by Gasteiger charge is -2.41. The number of nitrogens with zero attached hydrogens (tertiary/aromatic N) is 1. The van der Waals surface area contributed by atoms with Crippen LogP contribution < -0.4 is 14.2 Å². The second-order valence-electron chi connectivity index (χ2n) is 6.64. The topological polar surface area (TPSA) is 60.4 Å². The Morgan fingerprint density at radius 1 is 1.10 bits per heavy atom. The monoisotopic (exact) mass is 409 g/mol. The number of hydrogen-bond acceptors (Lipinski definition) is 6. The number of benzene rings is 2. The van der Waals surface area contributed by atoms with Crippen LogP contribution in [0.3, 0.4) is 0 Å². The smallest absolute Gasteiger partial charge is 0.387 e. The molecular formula is C21H25F2NO5. The maximum Gasteiger partial charge on any atom is 0.387 e. The Morgan fingerprint density at radius 2 is 1.83 bits per heavy atom. The number of hydrogen-bond donors (Lipinski definition) is 1. The van der Waals surface area contributed by atoms with Crippen LogP contribution >= 0.6 is 0 Å². The number of ether oxygens (including phenoxy) is 4. The zero-order valence-corrected chi connectivity index (χ0v) is 16.4. The molecule has 0 aromatic heterocycles. The summed E-state index contributed by atoms with van der Waals surface area (Å²) in [6.45, 7) is -1.27. The first-order valence-corrected chi connectivity index (χ1v) is 9.28. The number of aliphatic hydroxyl groups is 1. The van der Waals surface area contributed by atoms with Gasteiger partial charge in [-0.3, -0.25) is 4.90 Å². The van der Waals surface area contributed by atoms with Gasteiger partial charge in [0.25, 0.3) is 0 Å². The van der Waals surface area contributed by atoms with E-state index in [1.807, 2.05) is 18.2 Å². The Morgan fingerprint density at radius 3 is 2.45 bits per heavy atom. The fraction of sp³-hybridized carbons (Fsp3) is 0.429. The Balaban J connectivity index is 1.84. The van der Waals surface area contributed by atoms with Gasteiger partial charge in [-0.1, -0.05) is 18.2 Å². The van der Waals surface area contributed by atoms with Crippen molar-refractivity contribution in [2.24, 2.45) is 0 Å². The van der Waals surface area contributed by atoms with E-state index in [4.69, 9.17) is 14.2 Å². The lowest BCUT2D eigenvalue weighted by molar-refractivity contribution is -0.0961. The number of methoxy groups -OCH3 is 2. The van der Waals surface area contributed by atoms with Crippen molar-refractivity contribution in [3.63, 3.8) is 0 Å². The van der Waals surface area contributed by atoms with E-state index in [-0.39, 0.29) is 18.4 Å². The van der Waals surface area contributed by atoms with E-state index in [1.165, 1.54) is 12.1 Å². The second kappa shape index (κ2) is 9.87. The van der Waals surface area contributed by atoms with Crippen LogP contribution in [0.2, 0.25) is 0 Å². The zero-order chi connectivity index (χ0) is 20.8. The maximum absolute atomic E-state index is 12.3. The van der Waals surface area contributed by atoms with E-state index in [0.29, 0.717) is 31.2 Å². The molecule has 3 rings (SSSR count). The number of rotatable bonds is 8. The van der Waals surface area contributed by atoms with Gasteiger partial charge in [-0.25, -0.2) is 0 Å². The molecule has 6 nitrogen and oxygen atoms in total. The van der Waals surface area contributed by atoms with Crippen molar-refractivity contribution in [1.29, 1.82) is 0 Å². The highest BCUT2D eigenvalue weighted by Gasteiger charge is 2.33. The fourth-order valence-electron chi connectivity index (χ4n) is 3.59. The molecule has 0 aliphatic carbocycles. The molecule has 0 amide bonds. The SMILES string of the molecule is COc1ccc([C@@H]2[C@@H](CO)OCCN2Cc2ccc(OC(F)F)cc2)cc1OC. The molecule has 1 heterocycles. The predicted octanol–water partition coefficient (Wildman–Crippen LogP) is 3.24. The van der Waals surface area contributed by atoms with Gasteiger partial charge in [0.2, 0.25) is 0 Å². The van der Waals surface area contributed by atoms with Crippen molar-refractivity contribution < 1.29 is 32.8 Å². The highest BCUT2D eigenvalue weighted by Crippen LogP contribution is 2.36. The van der Waals surface area contributed by atoms with Gasteiger partial charge in [0.1, 0.15) is 11.9 Å². The summed E-state index contributed by atoms with van der Waals surface area (Å²) in [5.74, 6) is 1.34. The summed E-state index contributed by atoms with van der Waals surface area (Å²) in [5, 5.41) is 9.86. The first-order valence-electron chi connectivity index (χ1n) is 9.28. The summed E-state index contributed by atoms with van der Waals surface area (Å²) < 4.78 is 45.6. The summed E-state index contributed by atoms with van der Waals surface area (Å²) in [4.78, 5) is 2.19. The van der Waals surface area contributed by atoms with E-state index in [1.54, 1.807) is 26.4 Å². The molecule has 8 heteroatoms. The lowest BCUT2D eigenvalue weighted by atomic mass is 9.97. The van der Waals surface area contributed by atoms with Gasteiger partial charge in [0.15, 0.2) is 11.5 Å². The average Bonchev–Trinajstić information content (AvgIpc) is 2.74. The third kappa shape index (κ3) is 5.14. The molecule has 0 unspecified atom stereocenters. The average molecular weight is 409 g/mol. The molecule has 0 spiro atoms. The lowest BCUT2D eigenvalue weighted by Crippen LogP contribution is -2.46. The first-order chi connectivity index (χ1) is 14.0. The van der Waals surface area contributed by atoms with Gasteiger partial charge in [0, 0.05) is 13.1 Å². The minimum Gasteiger partial charge on any atom is -0.493 e. The summed E-state index contributed by atoms with van der Waals surface area (Å²) >= 11 is 0. The third-order valence-corrected chi connectivity index (χ3v) is 4.92. The van der Waals surface area contributed by atoms with Gasteiger partial charge < -0.3 is 24.1 Å². The molecule has 1 saturated heterocycles. The first kappa shape index (κ1) is 21.3. The normalized spacial score (nSPS) is 19.9. The van der Waals surface area contributed by atoms with Crippen molar-refractivity contribution in [3.8, 4) is 17.2 Å². The van der Waals surface area contributed by atoms with E-state index < -0.39 is 12.7 Å². The van der Waals surface area contributed by atoms with Crippen LogP contribution in [0.5, 0.6) is 17.2 Å². The van der Waals surface area contributed by atoms with Crippen LogP contribution in [0.4, 0.5) is 8.78 Å². The van der Waals surface area contributed by atoms with Crippen LogP contribution in [0.1, 0.15) is 17.2 Å². The highest BCUT2D eigenvalue weighted by molar-refractivity contribution is 5.44. The van der Waals surface area contributed by atoms with Crippen LogP contribution in [0.15, 0.2) is 42.5 Å². The molecule has 0 bridgehead atoms. The molecule has 1 N–H and O–H groups in total. The van der Waals surface area contributed by atoms with E-state index >= 15 is 0 Å². The Hall–Kier alpha value is -2.42. The Labute approximate surface area is 168 Å². The molecule has 1 aliphatic heterocycles. The standard InChI is InChI=1S/C21H25F2NO5/c1-26-17-8-5-15(11-18(17)27-2)20-19(13-25)28-10-9-24(20)12-14-3-6-16(7-4-14)29-21(22)23/h3-8,11,19-21,25H,9-10,12-13H2,1-2H3/t19-,20-/m1/s1. The fourth-order valence-corrected chi connectivity index (χ4v) is 3.59. The Kier molecular flexibility index (Phi) is 7.24. The van der Waals surface area contributed by atoms with E-state index in [9.17, 15) is 13.9 Å². The van der Waals surface area contributed by atoms with Gasteiger partial charge in [-0.15, -0.1) is 0 Å². The molecule has 0 radical (unpaired) electrons. The summed E-state index contributed by atoms with van der Waals surface area (Å²) in [5.41, 5.74) is 1.87. The Bertz CT molecular complexity index is 787. The van der Waals surface area contributed by atoms with Crippen LogP contribution in [0, 0.1) is 0 Å². The summed E-state index contributed by atoms with van der Waals surface area (Å²) in [6, 6.07) is 12.0. The molecule has 2 aromatic carbocycles. The van der Waals surface area contributed by atoms with Gasteiger partial charge >= 0.3 is 6.61 Å². The van der Waals surface area contributed by atoms with Crippen molar-refractivity contribution in [3.05, 3.63) is 53.6 Å². The summed E-state index contributed by atoms with van der Waals surface area (Å²) in [7, 11) is 3.15. The maximum atomic E-state index is 12.3. The van der Waals surface area contributed by atoms with Gasteiger partial charge in [-0.05, 0) is 35.4 Å². The molecule has 0 saturated carbocycles. The third-order valence-electron chi connectivity index (χ3n) is 4.92. The number of alkyl halides is 2. The predicted molar refractivity (Wildman–Crippen MR) is 103 cm³/mol. The molecule has 29 heavy (non-hydrogen) atoms. The quantitative estimate of drug-likeness (QED) is 0.722. The van der Waals surface area contributed by atoms with Crippen molar-refractivity contribution in [2.45, 2.75) is 25.3 Å². The second-order valence-corrected chi connectivity index (χ2v) is 6.64. The van der Waals surface area contributed by atoms with Gasteiger partial charge in [-0.2, -0.15) is 8.78 Å². The minimum absolute atomic E-state index is 0.121. The van der Waals surface area contributed by atoms with E-state index in [2.05, 4.69) is 9.64 Å². The van der Waals surface area contributed by atoms with Crippen LogP contribution in [-0.4, -0.2) is 56.7 Å². The molecule has 2 atom stereocenters. The number of morpholine rings is 1. The summed E-state index contributed by atoms with van der Waals surface area (Å²) in [6.07, 6.45) is -0.400. The highest BCUT2D eigenvalue weighted by atomic mass is 19.3. The van der Waals surface area contributed by atoms with E-state index in [0.717, 1.165) is 11.1 Å². The molecule has 158 valence electrons. The molecule has 2 aromatic rings. The van der Waals surface area contributed by atoms with Gasteiger partial charge in [0.05, 0.1) is 33.5 Å². The van der Waals surface area contributed by atoms with Crippen molar-refractivity contribution in [1.82, 2.24) is 4.90 Å². The number of aliphatic hydroxyl groups excluding tert-OH is 1. The van der Waals surface area contributed by atoms with Crippen molar-refractivity contribution in [2.75, 3.05) is 34.0 Å². The minimum atomic E-state index is -2.85. The number of halogens is 2. The molecule has 1 fully saturated rings. The molecule has 1 aliphatic rings. The van der Waals surface area contributed by atoms with Crippen LogP contribution in [0.25, 0.3) is 0 Å². The van der Waals surface area contributed by atoms with Crippen molar-refractivity contribution >= 4 is 0 Å².